The van der Waals surface area contributed by atoms with E-state index in [0.717, 1.165) is 0 Å². The van der Waals surface area contributed by atoms with E-state index in [1.54, 1.807) is 18.2 Å². The van der Waals surface area contributed by atoms with Crippen molar-refractivity contribution in [2.24, 2.45) is 5.73 Å². The van der Waals surface area contributed by atoms with Gasteiger partial charge in [-0.25, -0.2) is 4.39 Å². The average Bonchev–Trinajstić information content (AvgIpc) is 2.15. The second-order valence-electron chi connectivity index (χ2n) is 3.37. The second kappa shape index (κ2) is 4.86. The molecule has 0 saturated heterocycles. The molecule has 0 aliphatic heterocycles. The number of nitrogens with two attached hydrogens (primary N) is 1. The van der Waals surface area contributed by atoms with Crippen molar-refractivity contribution in [3.05, 3.63) is 35.6 Å². The molecular formula is C11H14FNO. The molecule has 3 heteroatoms. The molecular weight excluding hydrogens is 181 g/mol. The summed E-state index contributed by atoms with van der Waals surface area (Å²) in [4.78, 5) is 10.7. The van der Waals surface area contributed by atoms with Crippen LogP contribution < -0.4 is 5.73 Å². The summed E-state index contributed by atoms with van der Waals surface area (Å²) < 4.78 is 13.2. The molecule has 0 bridgehead atoms. The number of carbonyl (C=O) groups is 1. The molecule has 1 aromatic rings. The van der Waals surface area contributed by atoms with Crippen LogP contribution in [0.15, 0.2) is 24.3 Å². The predicted octanol–water partition coefficient (Wildman–Crippen LogP) is 2.19. The lowest BCUT2D eigenvalue weighted by Crippen LogP contribution is -2.13. The number of Topliss-reactive ketones (excluding diaryl/α,β-unsaturated/α-hetero) is 1. The van der Waals surface area contributed by atoms with Gasteiger partial charge >= 0.3 is 0 Å². The minimum atomic E-state index is -0.389. The smallest absolute Gasteiger partial charge is 0.129 e. The van der Waals surface area contributed by atoms with Gasteiger partial charge in [0.1, 0.15) is 11.6 Å². The fraction of sp³-hybridized carbons (Fsp3) is 0.364. The zero-order valence-electron chi connectivity index (χ0n) is 8.16. The van der Waals surface area contributed by atoms with Crippen LogP contribution in [0.5, 0.6) is 0 Å². The quantitative estimate of drug-likeness (QED) is 0.800. The van der Waals surface area contributed by atoms with E-state index < -0.39 is 0 Å². The molecule has 1 atom stereocenters. The van der Waals surface area contributed by atoms with Crippen molar-refractivity contribution >= 4 is 5.78 Å². The van der Waals surface area contributed by atoms with Crippen molar-refractivity contribution in [1.29, 1.82) is 0 Å². The molecule has 0 fully saturated rings. The van der Waals surface area contributed by atoms with Gasteiger partial charge in [-0.2, -0.15) is 0 Å². The number of carbonyl (C=O) groups excluding carboxylic acids is 1. The summed E-state index contributed by atoms with van der Waals surface area (Å²) in [5.74, 6) is -0.222. The van der Waals surface area contributed by atoms with Gasteiger partial charge < -0.3 is 10.5 Å². The fourth-order valence-electron chi connectivity index (χ4n) is 1.29. The molecule has 0 amide bonds. The first kappa shape index (κ1) is 10.9. The number of ketones is 1. The Hall–Kier alpha value is -1.22. The molecule has 0 aliphatic carbocycles. The van der Waals surface area contributed by atoms with Crippen molar-refractivity contribution in [1.82, 2.24) is 0 Å². The van der Waals surface area contributed by atoms with Gasteiger partial charge in [-0.3, -0.25) is 0 Å². The van der Waals surface area contributed by atoms with Crippen LogP contribution in [0.25, 0.3) is 0 Å². The highest BCUT2D eigenvalue weighted by atomic mass is 19.1. The zero-order chi connectivity index (χ0) is 10.6. The molecule has 76 valence electrons. The Morgan fingerprint density at radius 1 is 1.50 bits per heavy atom. The first-order chi connectivity index (χ1) is 6.61. The van der Waals surface area contributed by atoms with Crippen LogP contribution in [-0.2, 0) is 4.79 Å². The van der Waals surface area contributed by atoms with Crippen LogP contribution in [0.1, 0.15) is 31.4 Å². The molecule has 0 aliphatic rings. The van der Waals surface area contributed by atoms with E-state index in [4.69, 9.17) is 5.73 Å². The maximum Gasteiger partial charge on any atom is 0.129 e. The van der Waals surface area contributed by atoms with E-state index in [9.17, 15) is 9.18 Å². The van der Waals surface area contributed by atoms with Crippen molar-refractivity contribution in [2.75, 3.05) is 0 Å². The molecule has 1 rings (SSSR count). The second-order valence-corrected chi connectivity index (χ2v) is 3.37. The summed E-state index contributed by atoms with van der Waals surface area (Å²) >= 11 is 0. The Labute approximate surface area is 82.9 Å². The van der Waals surface area contributed by atoms with Gasteiger partial charge in [0.2, 0.25) is 0 Å². The van der Waals surface area contributed by atoms with Gasteiger partial charge in [-0.05, 0) is 19.4 Å². The van der Waals surface area contributed by atoms with E-state index in [0.29, 0.717) is 18.4 Å². The molecule has 14 heavy (non-hydrogen) atoms. The molecule has 0 heterocycles. The van der Waals surface area contributed by atoms with Crippen molar-refractivity contribution in [3.8, 4) is 0 Å². The lowest BCUT2D eigenvalue weighted by Gasteiger charge is -2.11. The highest BCUT2D eigenvalue weighted by Gasteiger charge is 2.10. The SMILES string of the molecule is CC(=O)CCC(N)c1ccccc1F. The molecule has 1 aromatic carbocycles. The van der Waals surface area contributed by atoms with Crippen molar-refractivity contribution < 1.29 is 9.18 Å². The van der Waals surface area contributed by atoms with E-state index in [1.165, 1.54) is 13.0 Å². The standard InChI is InChI=1S/C11H14FNO/c1-8(14)6-7-11(13)9-4-2-3-5-10(9)12/h2-5,11H,6-7,13H2,1H3. The number of halogens is 1. The van der Waals surface area contributed by atoms with Crippen LogP contribution >= 0.6 is 0 Å². The third-order valence-electron chi connectivity index (χ3n) is 2.11. The van der Waals surface area contributed by atoms with E-state index in [1.807, 2.05) is 0 Å². The van der Waals surface area contributed by atoms with E-state index in [2.05, 4.69) is 0 Å². The van der Waals surface area contributed by atoms with Gasteiger partial charge in [0.15, 0.2) is 0 Å². The number of benzene rings is 1. The third kappa shape index (κ3) is 2.92. The van der Waals surface area contributed by atoms with Crippen LogP contribution in [0.2, 0.25) is 0 Å². The summed E-state index contributed by atoms with van der Waals surface area (Å²) in [6.07, 6.45) is 0.895. The highest BCUT2D eigenvalue weighted by molar-refractivity contribution is 5.75. The van der Waals surface area contributed by atoms with Gasteiger partial charge in [0.25, 0.3) is 0 Å². The van der Waals surface area contributed by atoms with Crippen LogP contribution in [0.4, 0.5) is 4.39 Å². The van der Waals surface area contributed by atoms with Crippen LogP contribution in [-0.4, -0.2) is 5.78 Å². The Balaban J connectivity index is 2.65. The molecule has 0 aromatic heterocycles. The lowest BCUT2D eigenvalue weighted by atomic mass is 10.0. The lowest BCUT2D eigenvalue weighted by molar-refractivity contribution is -0.117. The first-order valence-electron chi connectivity index (χ1n) is 4.60. The fourth-order valence-corrected chi connectivity index (χ4v) is 1.29. The minimum Gasteiger partial charge on any atom is -0.324 e. The predicted molar refractivity (Wildman–Crippen MR) is 53.2 cm³/mol. The maximum absolute atomic E-state index is 13.2. The molecule has 0 saturated carbocycles. The first-order valence-corrected chi connectivity index (χ1v) is 4.60. The topological polar surface area (TPSA) is 43.1 Å². The highest BCUT2D eigenvalue weighted by Crippen LogP contribution is 2.18. The van der Waals surface area contributed by atoms with Gasteiger partial charge in [-0.1, -0.05) is 18.2 Å². The van der Waals surface area contributed by atoms with Gasteiger partial charge in [0, 0.05) is 18.0 Å². The van der Waals surface area contributed by atoms with E-state index >= 15 is 0 Å². The molecule has 2 N–H and O–H groups in total. The number of hydrogen-bond donors (Lipinski definition) is 1. The van der Waals surface area contributed by atoms with Gasteiger partial charge in [-0.15, -0.1) is 0 Å². The zero-order valence-corrected chi connectivity index (χ0v) is 8.16. The molecule has 1 unspecified atom stereocenters. The monoisotopic (exact) mass is 195 g/mol. The summed E-state index contributed by atoms with van der Waals surface area (Å²) in [5.41, 5.74) is 6.23. The largest absolute Gasteiger partial charge is 0.324 e. The minimum absolute atomic E-state index is 0.0804. The molecule has 2 nitrogen and oxygen atoms in total. The Morgan fingerprint density at radius 3 is 2.71 bits per heavy atom. The maximum atomic E-state index is 13.2. The normalized spacial score (nSPS) is 12.5. The Bertz CT molecular complexity index is 325. The summed E-state index contributed by atoms with van der Waals surface area (Å²) in [7, 11) is 0. The number of rotatable bonds is 4. The Kier molecular flexibility index (Phi) is 3.77. The molecule has 0 spiro atoms. The van der Waals surface area contributed by atoms with Crippen molar-refractivity contribution in [2.45, 2.75) is 25.8 Å². The van der Waals surface area contributed by atoms with E-state index in [-0.39, 0.29) is 17.6 Å². The van der Waals surface area contributed by atoms with Crippen LogP contribution in [0, 0.1) is 5.82 Å². The van der Waals surface area contributed by atoms with Crippen molar-refractivity contribution in [3.63, 3.8) is 0 Å². The molecule has 0 radical (unpaired) electrons. The van der Waals surface area contributed by atoms with Crippen LogP contribution in [0.3, 0.4) is 0 Å². The van der Waals surface area contributed by atoms with Gasteiger partial charge in [0.05, 0.1) is 0 Å². The average molecular weight is 195 g/mol. The summed E-state index contributed by atoms with van der Waals surface area (Å²) in [5, 5.41) is 0. The number of hydrogen-bond acceptors (Lipinski definition) is 2. The summed E-state index contributed by atoms with van der Waals surface area (Å²) in [6.45, 7) is 1.51. The Morgan fingerprint density at radius 2 is 2.14 bits per heavy atom. The summed E-state index contributed by atoms with van der Waals surface area (Å²) in [6, 6.07) is 6.01. The third-order valence-corrected chi connectivity index (χ3v) is 2.11.